The van der Waals surface area contributed by atoms with E-state index in [0.29, 0.717) is 29.2 Å². The molecule has 3 rings (SSSR count). The van der Waals surface area contributed by atoms with Gasteiger partial charge in [0.1, 0.15) is 0 Å². The summed E-state index contributed by atoms with van der Waals surface area (Å²) in [6.07, 6.45) is 3.51. The monoisotopic (exact) mass is 510 g/mol. The van der Waals surface area contributed by atoms with Gasteiger partial charge in [-0.05, 0) is 85.7 Å². The highest BCUT2D eigenvalue weighted by Crippen LogP contribution is 2.40. The van der Waals surface area contributed by atoms with Gasteiger partial charge in [0.2, 0.25) is 0 Å². The molecule has 0 spiro atoms. The van der Waals surface area contributed by atoms with Gasteiger partial charge in [0.15, 0.2) is 13.4 Å². The Hall–Kier alpha value is -2.02. The van der Waals surface area contributed by atoms with Crippen LogP contribution in [-0.4, -0.2) is 30.3 Å². The first-order chi connectivity index (χ1) is 16.4. The van der Waals surface area contributed by atoms with Crippen LogP contribution in [0.3, 0.4) is 0 Å². The van der Waals surface area contributed by atoms with Crippen molar-refractivity contribution in [1.29, 1.82) is 0 Å². The van der Waals surface area contributed by atoms with Crippen molar-refractivity contribution in [2.45, 2.75) is 90.7 Å². The van der Waals surface area contributed by atoms with Gasteiger partial charge in [-0.15, -0.1) is 0 Å². The highest BCUT2D eigenvalue weighted by atomic mass is 32.1. The lowest BCUT2D eigenvalue weighted by atomic mass is 10.0. The quantitative estimate of drug-likeness (QED) is 0.280. The number of amides is 1. The highest BCUT2D eigenvalue weighted by Gasteiger charge is 2.39. The summed E-state index contributed by atoms with van der Waals surface area (Å²) in [6, 6.07) is 18.3. The third-order valence-corrected chi connectivity index (χ3v) is 12.5. The van der Waals surface area contributed by atoms with E-state index >= 15 is 0 Å². The molecular weight excluding hydrogens is 468 g/mol. The minimum atomic E-state index is -1.84. The summed E-state index contributed by atoms with van der Waals surface area (Å²) in [6.45, 7) is 16.4. The highest BCUT2D eigenvalue weighted by molar-refractivity contribution is 7.80. The second kappa shape index (κ2) is 11.4. The molecule has 0 aliphatic heterocycles. The Morgan fingerprint density at radius 2 is 1.71 bits per heavy atom. The van der Waals surface area contributed by atoms with Crippen LogP contribution in [0.2, 0.25) is 18.1 Å². The zero-order chi connectivity index (χ0) is 25.8. The zero-order valence-corrected chi connectivity index (χ0v) is 24.2. The van der Waals surface area contributed by atoms with E-state index in [4.69, 9.17) is 16.6 Å². The molecule has 1 saturated carbocycles. The fourth-order valence-electron chi connectivity index (χ4n) is 4.24. The first-order valence-electron chi connectivity index (χ1n) is 12.9. The molecule has 1 aliphatic carbocycles. The molecule has 0 aromatic heterocycles. The Morgan fingerprint density at radius 1 is 1.11 bits per heavy atom. The van der Waals surface area contributed by atoms with Crippen molar-refractivity contribution in [2.24, 2.45) is 5.92 Å². The van der Waals surface area contributed by atoms with Crippen LogP contribution >= 0.6 is 12.2 Å². The normalized spacial score (nSPS) is 15.9. The molecule has 1 amide bonds. The Kier molecular flexibility index (Phi) is 8.94. The van der Waals surface area contributed by atoms with Crippen LogP contribution in [0, 0.1) is 5.92 Å². The molecule has 190 valence electrons. The van der Waals surface area contributed by atoms with E-state index in [1.807, 2.05) is 30.3 Å². The molecule has 1 N–H and O–H groups in total. The summed E-state index contributed by atoms with van der Waals surface area (Å²) in [5.74, 6) is 0.488. The number of hydrogen-bond acceptors (Lipinski definition) is 3. The summed E-state index contributed by atoms with van der Waals surface area (Å²) in [4.78, 5) is 15.0. The van der Waals surface area contributed by atoms with Crippen LogP contribution in [0.4, 0.5) is 0 Å². The molecule has 2 atom stereocenters. The second-order valence-electron chi connectivity index (χ2n) is 11.3. The van der Waals surface area contributed by atoms with Gasteiger partial charge >= 0.3 is 0 Å². The van der Waals surface area contributed by atoms with Crippen LogP contribution in [0.5, 0.6) is 0 Å². The van der Waals surface area contributed by atoms with Gasteiger partial charge in [0, 0.05) is 18.2 Å². The fourth-order valence-corrected chi connectivity index (χ4v) is 5.90. The maximum atomic E-state index is 12.8. The molecule has 35 heavy (non-hydrogen) atoms. The van der Waals surface area contributed by atoms with Crippen molar-refractivity contribution in [3.8, 4) is 0 Å². The van der Waals surface area contributed by atoms with Crippen molar-refractivity contribution in [1.82, 2.24) is 10.2 Å². The number of thiocarbonyl (C=S) groups is 1. The lowest BCUT2D eigenvalue weighted by Gasteiger charge is -2.38. The molecule has 2 unspecified atom stereocenters. The lowest BCUT2D eigenvalue weighted by Crippen LogP contribution is -2.48. The van der Waals surface area contributed by atoms with Crippen molar-refractivity contribution in [3.05, 3.63) is 71.3 Å². The molecule has 2 aromatic rings. The second-order valence-corrected chi connectivity index (χ2v) is 16.5. The Labute approximate surface area is 218 Å². The number of rotatable bonds is 9. The van der Waals surface area contributed by atoms with E-state index < -0.39 is 8.32 Å². The number of benzene rings is 2. The van der Waals surface area contributed by atoms with Gasteiger partial charge in [-0.2, -0.15) is 0 Å². The molecule has 0 heterocycles. The molecule has 1 fully saturated rings. The molecular formula is C29H42N2O2SSi. The van der Waals surface area contributed by atoms with Gasteiger partial charge < -0.3 is 9.33 Å². The Balaban J connectivity index is 1.73. The molecule has 4 nitrogen and oxygen atoms in total. The maximum absolute atomic E-state index is 12.8. The van der Waals surface area contributed by atoms with Crippen LogP contribution < -0.4 is 5.32 Å². The summed E-state index contributed by atoms with van der Waals surface area (Å²) in [5, 5.41) is 3.68. The van der Waals surface area contributed by atoms with Crippen LogP contribution in [0.15, 0.2) is 54.6 Å². The Bertz CT molecular complexity index is 998. The number of nitrogens with one attached hydrogen (secondary N) is 1. The third-order valence-electron chi connectivity index (χ3n) is 7.58. The Morgan fingerprint density at radius 3 is 2.23 bits per heavy atom. The molecule has 0 saturated heterocycles. The van der Waals surface area contributed by atoms with E-state index in [-0.39, 0.29) is 17.0 Å². The molecule has 1 aliphatic rings. The van der Waals surface area contributed by atoms with Gasteiger partial charge in [-0.3, -0.25) is 10.1 Å². The number of carbonyl (C=O) groups excluding carboxylic acids is 1. The van der Waals surface area contributed by atoms with Crippen molar-refractivity contribution < 1.29 is 9.22 Å². The summed E-state index contributed by atoms with van der Waals surface area (Å²) in [7, 11) is -1.84. The predicted molar refractivity (Wildman–Crippen MR) is 152 cm³/mol. The minimum absolute atomic E-state index is 0.0575. The average molecular weight is 511 g/mol. The topological polar surface area (TPSA) is 41.6 Å². The summed E-state index contributed by atoms with van der Waals surface area (Å²) >= 11 is 5.78. The van der Waals surface area contributed by atoms with Crippen LogP contribution in [0.25, 0.3) is 0 Å². The molecule has 0 radical (unpaired) electrons. The van der Waals surface area contributed by atoms with Crippen LogP contribution in [-0.2, 0) is 11.0 Å². The first kappa shape index (κ1) is 27.6. The van der Waals surface area contributed by atoms with Gasteiger partial charge in [-0.25, -0.2) is 0 Å². The summed E-state index contributed by atoms with van der Waals surface area (Å²) < 4.78 is 6.59. The largest absolute Gasteiger partial charge is 0.410 e. The number of nitrogens with zero attached hydrogens (tertiary/aromatic N) is 1. The van der Waals surface area contributed by atoms with E-state index in [9.17, 15) is 4.79 Å². The van der Waals surface area contributed by atoms with E-state index in [1.165, 1.54) is 24.0 Å². The standard InChI is InChI=1S/C29H42N2O2SSi/c1-8-26(24-18-19-24)31(28(34)30-27(32)25-12-10-9-11-13-25)20-22-14-16-23(17-15-22)21(2)33-35(6,7)29(3,4)5/h9-17,21,24,26H,8,18-20H2,1-7H3,(H,30,32,34). The molecule has 6 heteroatoms. The van der Waals surface area contributed by atoms with Gasteiger partial charge in [0.05, 0.1) is 6.10 Å². The van der Waals surface area contributed by atoms with Crippen molar-refractivity contribution in [3.63, 3.8) is 0 Å². The predicted octanol–water partition coefficient (Wildman–Crippen LogP) is 7.47. The zero-order valence-electron chi connectivity index (χ0n) is 22.4. The van der Waals surface area contributed by atoms with E-state index in [0.717, 1.165) is 6.42 Å². The number of hydrogen-bond donors (Lipinski definition) is 1. The first-order valence-corrected chi connectivity index (χ1v) is 16.2. The average Bonchev–Trinajstić information content (AvgIpc) is 3.64. The molecule has 2 aromatic carbocycles. The van der Waals surface area contributed by atoms with Crippen LogP contribution in [0.1, 0.15) is 81.5 Å². The fraction of sp³-hybridized carbons (Fsp3) is 0.517. The maximum Gasteiger partial charge on any atom is 0.257 e. The van der Waals surface area contributed by atoms with Gasteiger partial charge in [0.25, 0.3) is 5.91 Å². The van der Waals surface area contributed by atoms with E-state index in [2.05, 4.69) is 82.2 Å². The number of carbonyl (C=O) groups is 1. The summed E-state index contributed by atoms with van der Waals surface area (Å²) in [5.41, 5.74) is 3.00. The smallest absolute Gasteiger partial charge is 0.257 e. The van der Waals surface area contributed by atoms with Crippen molar-refractivity contribution in [2.75, 3.05) is 0 Å². The van der Waals surface area contributed by atoms with Crippen molar-refractivity contribution >= 4 is 31.6 Å². The lowest BCUT2D eigenvalue weighted by molar-refractivity contribution is 0.0970. The van der Waals surface area contributed by atoms with E-state index in [1.54, 1.807) is 0 Å². The minimum Gasteiger partial charge on any atom is -0.410 e. The third kappa shape index (κ3) is 7.25. The molecule has 0 bridgehead atoms. The SMILES string of the molecule is CCC(C1CC1)N(Cc1ccc(C(C)O[Si](C)(C)C(C)(C)C)cc1)C(=S)NC(=O)c1ccccc1. The van der Waals surface area contributed by atoms with Gasteiger partial charge in [-0.1, -0.05) is 70.2 Å².